The molecule has 0 unspecified atom stereocenters. The van der Waals surface area contributed by atoms with Crippen LogP contribution >= 0.6 is 11.3 Å². The molecule has 1 N–H and O–H groups in total. The van der Waals surface area contributed by atoms with Crippen LogP contribution in [-0.2, 0) is 4.74 Å². The van der Waals surface area contributed by atoms with E-state index in [1.165, 1.54) is 18.4 Å². The van der Waals surface area contributed by atoms with Crippen LogP contribution in [-0.4, -0.2) is 54.5 Å². The molecule has 10 heteroatoms. The van der Waals surface area contributed by atoms with Crippen molar-refractivity contribution in [1.29, 1.82) is 0 Å². The number of methoxy groups -OCH3 is 1. The summed E-state index contributed by atoms with van der Waals surface area (Å²) in [6, 6.07) is 5.54. The second-order valence-electron chi connectivity index (χ2n) is 5.69. The Bertz CT molecular complexity index is 921. The molecule has 1 saturated heterocycles. The van der Waals surface area contributed by atoms with Gasteiger partial charge in [-0.2, -0.15) is 0 Å². The van der Waals surface area contributed by atoms with Crippen molar-refractivity contribution in [2.45, 2.75) is 0 Å². The van der Waals surface area contributed by atoms with Gasteiger partial charge in [0.2, 0.25) is 0 Å². The highest BCUT2D eigenvalue weighted by atomic mass is 32.1. The fourth-order valence-corrected chi connectivity index (χ4v) is 3.33. The Morgan fingerprint density at radius 1 is 1.33 bits per heavy atom. The van der Waals surface area contributed by atoms with Crippen molar-refractivity contribution in [1.82, 2.24) is 15.2 Å². The third-order valence-electron chi connectivity index (χ3n) is 4.03. The minimum absolute atomic E-state index is 0.00417. The van der Waals surface area contributed by atoms with Gasteiger partial charge < -0.3 is 18.8 Å². The maximum atomic E-state index is 12.6. The van der Waals surface area contributed by atoms with E-state index in [4.69, 9.17) is 13.9 Å². The minimum atomic E-state index is -0.484. The van der Waals surface area contributed by atoms with Gasteiger partial charge in [-0.3, -0.25) is 10.1 Å². The van der Waals surface area contributed by atoms with Gasteiger partial charge in [-0.05, 0) is 11.4 Å². The van der Waals surface area contributed by atoms with Crippen molar-refractivity contribution in [2.24, 2.45) is 0 Å². The first kappa shape index (κ1) is 17.4. The zero-order valence-electron chi connectivity index (χ0n) is 14.5. The molecular weight excluding hydrogens is 370 g/mol. The molecule has 0 bridgehead atoms. The Kier molecular flexibility index (Phi) is 4.99. The molecule has 3 aromatic rings. The first-order valence-corrected chi connectivity index (χ1v) is 9.18. The third-order valence-corrected chi connectivity index (χ3v) is 4.88. The standard InChI is InChI=1S/C17H17N5O4S/c1-24-12-9-11(22-4-6-25-7-5-22)10-18-14(12)15(23)19-17-21-20-16(26-17)13-3-2-8-27-13/h2-3,8-10H,4-7H2,1H3,(H,19,21,23). The quantitative estimate of drug-likeness (QED) is 0.711. The molecule has 27 heavy (non-hydrogen) atoms. The predicted octanol–water partition coefficient (Wildman–Crippen LogP) is 2.29. The molecule has 1 fully saturated rings. The van der Waals surface area contributed by atoms with Crippen LogP contribution < -0.4 is 15.0 Å². The van der Waals surface area contributed by atoms with Crippen molar-refractivity contribution in [3.05, 3.63) is 35.5 Å². The fourth-order valence-electron chi connectivity index (χ4n) is 2.68. The number of aromatic nitrogens is 3. The molecule has 1 aliphatic rings. The molecule has 4 rings (SSSR count). The molecule has 4 heterocycles. The summed E-state index contributed by atoms with van der Waals surface area (Å²) in [4.78, 5) is 19.8. The van der Waals surface area contributed by atoms with Gasteiger partial charge in [0.1, 0.15) is 0 Å². The van der Waals surface area contributed by atoms with Gasteiger partial charge in [0.25, 0.3) is 11.8 Å². The van der Waals surface area contributed by atoms with Crippen LogP contribution in [0.1, 0.15) is 10.5 Å². The first-order chi connectivity index (χ1) is 13.2. The topological polar surface area (TPSA) is 103 Å². The number of amides is 1. The molecule has 0 spiro atoms. The molecule has 140 valence electrons. The van der Waals surface area contributed by atoms with Crippen molar-refractivity contribution in [3.63, 3.8) is 0 Å². The molecule has 0 atom stereocenters. The minimum Gasteiger partial charge on any atom is -0.494 e. The zero-order valence-corrected chi connectivity index (χ0v) is 15.4. The van der Waals surface area contributed by atoms with Gasteiger partial charge in [-0.1, -0.05) is 11.2 Å². The van der Waals surface area contributed by atoms with E-state index >= 15 is 0 Å². The average molecular weight is 387 g/mol. The van der Waals surface area contributed by atoms with Crippen molar-refractivity contribution in [3.8, 4) is 16.5 Å². The summed E-state index contributed by atoms with van der Waals surface area (Å²) in [7, 11) is 1.50. The molecular formula is C17H17N5O4S. The summed E-state index contributed by atoms with van der Waals surface area (Å²) in [6.07, 6.45) is 1.65. The summed E-state index contributed by atoms with van der Waals surface area (Å²) >= 11 is 1.47. The molecule has 0 radical (unpaired) electrons. The van der Waals surface area contributed by atoms with Crippen molar-refractivity contribution >= 4 is 28.9 Å². The highest BCUT2D eigenvalue weighted by Gasteiger charge is 2.20. The van der Waals surface area contributed by atoms with Gasteiger partial charge in [-0.25, -0.2) is 4.98 Å². The molecule has 1 amide bonds. The number of pyridine rings is 1. The van der Waals surface area contributed by atoms with Gasteiger partial charge in [0, 0.05) is 19.2 Å². The molecule has 3 aromatic heterocycles. The number of nitrogens with one attached hydrogen (secondary N) is 1. The van der Waals surface area contributed by atoms with E-state index in [-0.39, 0.29) is 11.7 Å². The smallest absolute Gasteiger partial charge is 0.322 e. The molecule has 0 saturated carbocycles. The van der Waals surface area contributed by atoms with Gasteiger partial charge in [-0.15, -0.1) is 16.4 Å². The van der Waals surface area contributed by atoms with Gasteiger partial charge in [0.05, 0.1) is 37.1 Å². The Morgan fingerprint density at radius 3 is 2.93 bits per heavy atom. The van der Waals surface area contributed by atoms with E-state index in [1.807, 2.05) is 17.5 Å². The van der Waals surface area contributed by atoms with E-state index in [1.54, 1.807) is 12.3 Å². The third kappa shape index (κ3) is 3.76. The predicted molar refractivity (Wildman–Crippen MR) is 99.4 cm³/mol. The zero-order chi connectivity index (χ0) is 18.6. The molecule has 1 aliphatic heterocycles. The summed E-state index contributed by atoms with van der Waals surface area (Å²) in [5.74, 6) is 0.235. The van der Waals surface area contributed by atoms with Crippen LogP contribution in [0.3, 0.4) is 0 Å². The number of hydrogen-bond donors (Lipinski definition) is 1. The molecule has 0 aliphatic carbocycles. The van der Waals surface area contributed by atoms with E-state index in [2.05, 4.69) is 25.4 Å². The van der Waals surface area contributed by atoms with E-state index in [0.717, 1.165) is 23.7 Å². The second-order valence-corrected chi connectivity index (χ2v) is 6.64. The van der Waals surface area contributed by atoms with Crippen molar-refractivity contribution in [2.75, 3.05) is 43.6 Å². The number of carbonyl (C=O) groups excluding carboxylic acids is 1. The van der Waals surface area contributed by atoms with Gasteiger partial charge >= 0.3 is 6.01 Å². The van der Waals surface area contributed by atoms with Crippen LogP contribution in [0.25, 0.3) is 10.8 Å². The summed E-state index contributed by atoms with van der Waals surface area (Å²) in [6.45, 7) is 2.86. The number of nitrogens with zero attached hydrogens (tertiary/aromatic N) is 4. The Balaban J connectivity index is 1.51. The molecule has 9 nitrogen and oxygen atoms in total. The van der Waals surface area contributed by atoms with Crippen LogP contribution in [0.5, 0.6) is 5.75 Å². The lowest BCUT2D eigenvalue weighted by Crippen LogP contribution is -2.36. The normalized spacial score (nSPS) is 14.2. The summed E-state index contributed by atoms with van der Waals surface area (Å²) in [5, 5.41) is 12.3. The Morgan fingerprint density at radius 2 is 2.19 bits per heavy atom. The van der Waals surface area contributed by atoms with E-state index < -0.39 is 5.91 Å². The van der Waals surface area contributed by atoms with Gasteiger partial charge in [0.15, 0.2) is 11.4 Å². The van der Waals surface area contributed by atoms with Crippen LogP contribution in [0, 0.1) is 0 Å². The monoisotopic (exact) mass is 387 g/mol. The maximum absolute atomic E-state index is 12.6. The lowest BCUT2D eigenvalue weighted by atomic mass is 10.2. The van der Waals surface area contributed by atoms with E-state index in [9.17, 15) is 4.79 Å². The Hall–Kier alpha value is -2.98. The Labute approximate surface area is 158 Å². The lowest BCUT2D eigenvalue weighted by molar-refractivity contribution is 0.101. The van der Waals surface area contributed by atoms with Crippen LogP contribution in [0.2, 0.25) is 0 Å². The number of carbonyl (C=O) groups is 1. The highest BCUT2D eigenvalue weighted by Crippen LogP contribution is 2.27. The van der Waals surface area contributed by atoms with Crippen molar-refractivity contribution < 1.29 is 18.7 Å². The highest BCUT2D eigenvalue weighted by molar-refractivity contribution is 7.13. The number of ether oxygens (including phenoxy) is 2. The number of morpholine rings is 1. The molecule has 0 aromatic carbocycles. The van der Waals surface area contributed by atoms with Crippen LogP contribution in [0.4, 0.5) is 11.7 Å². The number of rotatable bonds is 5. The SMILES string of the molecule is COc1cc(N2CCOCC2)cnc1C(=O)Nc1nnc(-c2cccs2)o1. The average Bonchev–Trinajstić information content (AvgIpc) is 3.40. The van der Waals surface area contributed by atoms with E-state index in [0.29, 0.717) is 24.9 Å². The maximum Gasteiger partial charge on any atom is 0.322 e. The lowest BCUT2D eigenvalue weighted by Gasteiger charge is -2.28. The van der Waals surface area contributed by atoms with Crippen LogP contribution in [0.15, 0.2) is 34.2 Å². The number of anilines is 2. The number of hydrogen-bond acceptors (Lipinski definition) is 9. The fraction of sp³-hybridized carbons (Fsp3) is 0.294. The second kappa shape index (κ2) is 7.72. The summed E-state index contributed by atoms with van der Waals surface area (Å²) in [5.41, 5.74) is 1.02. The summed E-state index contributed by atoms with van der Waals surface area (Å²) < 4.78 is 16.2. The first-order valence-electron chi connectivity index (χ1n) is 8.30. The largest absolute Gasteiger partial charge is 0.494 e. The number of thiophene rings is 1.